The van der Waals surface area contributed by atoms with Gasteiger partial charge in [-0.05, 0) is 56.7 Å². The quantitative estimate of drug-likeness (QED) is 0.555. The Kier molecular flexibility index (Phi) is 9.59. The Morgan fingerprint density at radius 3 is 1.97 bits per heavy atom. The van der Waals surface area contributed by atoms with E-state index in [0.717, 1.165) is 70.5 Å². The highest BCUT2D eigenvalue weighted by Gasteiger charge is 2.41. The number of likely N-dealkylation sites (tertiary alicyclic amines) is 2. The molecule has 3 aliphatic heterocycles. The van der Waals surface area contributed by atoms with E-state index in [1.165, 1.54) is 50.5 Å². The number of anilines is 1. The van der Waals surface area contributed by atoms with Gasteiger partial charge in [-0.25, -0.2) is 0 Å². The second kappa shape index (κ2) is 13.3. The van der Waals surface area contributed by atoms with Gasteiger partial charge in [-0.2, -0.15) is 0 Å². The molecule has 0 radical (unpaired) electrons. The maximum Gasteiger partial charge on any atom is 0.229 e. The molecule has 0 spiro atoms. The normalized spacial score (nSPS) is 23.4. The van der Waals surface area contributed by atoms with Gasteiger partial charge in [0.15, 0.2) is 0 Å². The van der Waals surface area contributed by atoms with Crippen molar-refractivity contribution in [3.8, 4) is 0 Å². The van der Waals surface area contributed by atoms with Crippen molar-refractivity contribution in [3.63, 3.8) is 0 Å². The molecule has 3 heterocycles. The average molecular weight is 537 g/mol. The van der Waals surface area contributed by atoms with Gasteiger partial charge < -0.3 is 14.7 Å². The minimum Gasteiger partial charge on any atom is -0.342 e. The van der Waals surface area contributed by atoms with Crippen molar-refractivity contribution in [2.24, 2.45) is 11.8 Å². The van der Waals surface area contributed by atoms with E-state index < -0.39 is 0 Å². The van der Waals surface area contributed by atoms with E-state index in [2.05, 4.69) is 28.0 Å². The molecule has 39 heavy (non-hydrogen) atoms. The van der Waals surface area contributed by atoms with Crippen molar-refractivity contribution in [2.45, 2.75) is 96.6 Å². The lowest BCUT2D eigenvalue weighted by atomic mass is 9.93. The number of hydrogen-bond acceptors (Lipinski definition) is 4. The number of nitrogens with zero attached hydrogens (tertiary/aromatic N) is 4. The number of para-hydroxylation sites is 1. The first kappa shape index (κ1) is 28.1. The zero-order valence-electron chi connectivity index (χ0n) is 24.0. The van der Waals surface area contributed by atoms with Crippen LogP contribution in [0, 0.1) is 11.8 Å². The summed E-state index contributed by atoms with van der Waals surface area (Å²) < 4.78 is 0. The van der Waals surface area contributed by atoms with Crippen molar-refractivity contribution < 1.29 is 14.4 Å². The second-order valence-electron chi connectivity index (χ2n) is 12.4. The van der Waals surface area contributed by atoms with Gasteiger partial charge in [0.1, 0.15) is 0 Å². The first-order chi connectivity index (χ1) is 19.0. The summed E-state index contributed by atoms with van der Waals surface area (Å²) in [7, 11) is 0. The number of piperidine rings is 1. The molecule has 1 aromatic rings. The molecule has 0 atom stereocenters. The van der Waals surface area contributed by atoms with Crippen molar-refractivity contribution in [2.75, 3.05) is 44.2 Å². The van der Waals surface area contributed by atoms with Crippen LogP contribution in [0.5, 0.6) is 0 Å². The van der Waals surface area contributed by atoms with Crippen molar-refractivity contribution in [3.05, 3.63) is 29.8 Å². The maximum absolute atomic E-state index is 13.2. The van der Waals surface area contributed by atoms with E-state index >= 15 is 0 Å². The molecule has 4 aliphatic rings. The van der Waals surface area contributed by atoms with E-state index in [1.807, 2.05) is 15.9 Å². The molecular formula is C32H48N4O3. The molecule has 7 heteroatoms. The fourth-order valence-electron chi connectivity index (χ4n) is 7.21. The summed E-state index contributed by atoms with van der Waals surface area (Å²) in [6.45, 7) is 7.21. The van der Waals surface area contributed by atoms with Gasteiger partial charge in [0.25, 0.3) is 0 Å². The van der Waals surface area contributed by atoms with E-state index in [4.69, 9.17) is 0 Å². The van der Waals surface area contributed by atoms with Crippen LogP contribution in [0.3, 0.4) is 0 Å². The van der Waals surface area contributed by atoms with Gasteiger partial charge in [-0.3, -0.25) is 19.3 Å². The summed E-state index contributed by atoms with van der Waals surface area (Å²) in [5, 5.41) is 0. The van der Waals surface area contributed by atoms with Gasteiger partial charge in [0.2, 0.25) is 17.7 Å². The first-order valence-electron chi connectivity index (χ1n) is 15.7. The van der Waals surface area contributed by atoms with Gasteiger partial charge in [-0.15, -0.1) is 0 Å². The molecule has 1 aliphatic carbocycles. The topological polar surface area (TPSA) is 64.2 Å². The van der Waals surface area contributed by atoms with Gasteiger partial charge in [0, 0.05) is 63.8 Å². The van der Waals surface area contributed by atoms with Gasteiger partial charge >= 0.3 is 0 Å². The smallest absolute Gasteiger partial charge is 0.229 e. The lowest BCUT2D eigenvalue weighted by molar-refractivity contribution is -0.151. The van der Waals surface area contributed by atoms with Crippen LogP contribution < -0.4 is 4.90 Å². The zero-order valence-corrected chi connectivity index (χ0v) is 24.0. The van der Waals surface area contributed by atoms with E-state index in [0.29, 0.717) is 19.1 Å². The fourth-order valence-corrected chi connectivity index (χ4v) is 7.21. The monoisotopic (exact) mass is 536 g/mol. The molecule has 3 amide bonds. The number of hydrogen-bond donors (Lipinski definition) is 0. The molecule has 7 nitrogen and oxygen atoms in total. The molecule has 214 valence electrons. The maximum atomic E-state index is 13.2. The van der Waals surface area contributed by atoms with Gasteiger partial charge in [-0.1, -0.05) is 56.7 Å². The number of amides is 3. The summed E-state index contributed by atoms with van der Waals surface area (Å²) >= 11 is 0. The number of fused-ring (bicyclic) bond motifs is 1. The van der Waals surface area contributed by atoms with Crippen LogP contribution in [0.1, 0.15) is 89.5 Å². The predicted octanol–water partition coefficient (Wildman–Crippen LogP) is 4.84. The van der Waals surface area contributed by atoms with Crippen LogP contribution in [0.15, 0.2) is 24.3 Å². The standard InChI is InChI=1S/C32H48N4O3/c1-25(37)36-19-11-5-3-2-4-10-18-34(22-27-14-8-9-15-30(27)36)29-16-20-33(21-17-29)32(39)28-23-35(24-28)31(38)26-12-6-7-13-26/h8-9,14-15,26,28-29H,2-7,10-13,16-24H2,1H3. The molecule has 3 fully saturated rings. The van der Waals surface area contributed by atoms with Crippen molar-refractivity contribution in [1.82, 2.24) is 14.7 Å². The third kappa shape index (κ3) is 6.85. The van der Waals surface area contributed by atoms with Crippen LogP contribution in [0.4, 0.5) is 5.69 Å². The fraction of sp³-hybridized carbons (Fsp3) is 0.719. The second-order valence-corrected chi connectivity index (χ2v) is 12.4. The molecule has 0 bridgehead atoms. The van der Waals surface area contributed by atoms with Crippen LogP contribution in [-0.2, 0) is 20.9 Å². The SMILES string of the molecule is CC(=O)N1CCCCCCCCN(C2CCN(C(=O)C3CN(C(=O)C4CCCC4)C3)CC2)Cc2ccccc21. The third-order valence-corrected chi connectivity index (χ3v) is 9.65. The minimum atomic E-state index is -0.0121. The lowest BCUT2D eigenvalue weighted by Crippen LogP contribution is -2.58. The summed E-state index contributed by atoms with van der Waals surface area (Å²) in [6.07, 6.45) is 13.5. The molecule has 0 unspecified atom stereocenters. The van der Waals surface area contributed by atoms with Crippen LogP contribution >= 0.6 is 0 Å². The predicted molar refractivity (Wildman–Crippen MR) is 154 cm³/mol. The van der Waals surface area contributed by atoms with Crippen LogP contribution in [-0.4, -0.2) is 77.7 Å². The van der Waals surface area contributed by atoms with Crippen LogP contribution in [0.2, 0.25) is 0 Å². The number of benzene rings is 1. The Hall–Kier alpha value is -2.41. The summed E-state index contributed by atoms with van der Waals surface area (Å²) in [5.74, 6) is 0.840. The Labute approximate surface area is 234 Å². The number of carbonyl (C=O) groups is 3. The molecule has 1 aromatic carbocycles. The highest BCUT2D eigenvalue weighted by molar-refractivity contribution is 5.92. The Morgan fingerprint density at radius 2 is 1.28 bits per heavy atom. The average Bonchev–Trinajstić information content (AvgIpc) is 3.46. The Morgan fingerprint density at radius 1 is 0.667 bits per heavy atom. The molecule has 1 saturated carbocycles. The Bertz CT molecular complexity index is 993. The first-order valence-corrected chi connectivity index (χ1v) is 15.7. The Balaban J connectivity index is 1.19. The molecule has 0 aromatic heterocycles. The zero-order chi connectivity index (χ0) is 27.2. The molecule has 0 N–H and O–H groups in total. The highest BCUT2D eigenvalue weighted by Crippen LogP contribution is 2.31. The molecular weight excluding hydrogens is 488 g/mol. The summed E-state index contributed by atoms with van der Waals surface area (Å²) in [6, 6.07) is 8.87. The number of rotatable bonds is 3. The largest absolute Gasteiger partial charge is 0.342 e. The van der Waals surface area contributed by atoms with Crippen LogP contribution in [0.25, 0.3) is 0 Å². The minimum absolute atomic E-state index is 0.0121. The third-order valence-electron chi connectivity index (χ3n) is 9.65. The highest BCUT2D eigenvalue weighted by atomic mass is 16.2. The number of carbonyl (C=O) groups excluding carboxylic acids is 3. The summed E-state index contributed by atoms with van der Waals surface area (Å²) in [4.78, 5) is 47.1. The van der Waals surface area contributed by atoms with Crippen molar-refractivity contribution in [1.29, 1.82) is 0 Å². The summed E-state index contributed by atoms with van der Waals surface area (Å²) in [5.41, 5.74) is 2.29. The van der Waals surface area contributed by atoms with Gasteiger partial charge in [0.05, 0.1) is 5.92 Å². The van der Waals surface area contributed by atoms with E-state index in [1.54, 1.807) is 6.92 Å². The van der Waals surface area contributed by atoms with E-state index in [9.17, 15) is 14.4 Å². The molecule has 2 saturated heterocycles. The molecule has 5 rings (SSSR count). The lowest BCUT2D eigenvalue weighted by Gasteiger charge is -2.44. The van der Waals surface area contributed by atoms with Crippen molar-refractivity contribution >= 4 is 23.4 Å². The van der Waals surface area contributed by atoms with E-state index in [-0.39, 0.29) is 29.6 Å².